The predicted octanol–water partition coefficient (Wildman–Crippen LogP) is 1.46. The van der Waals surface area contributed by atoms with E-state index < -0.39 is 24.0 Å². The highest BCUT2D eigenvalue weighted by molar-refractivity contribution is 7.09. The lowest BCUT2D eigenvalue weighted by atomic mass is 10.1. The standard InChI is InChI=1S/C24H26ClN5O5S/c25-18-3-1-2-4-19(18)29-9-11-30(12-10-29)24(34)22(32)21(31)23(33)27-13-20-28-16(15-36-20)14-35-17-5-7-26-8-6-17/h1-8,15,21-22,31-32H,9-14H2,(H,27,33)/t21-,22-/m1/s1. The number of thiazole rings is 1. The van der Waals surface area contributed by atoms with E-state index in [9.17, 15) is 19.8 Å². The van der Waals surface area contributed by atoms with Crippen LogP contribution in [0.1, 0.15) is 10.7 Å². The summed E-state index contributed by atoms with van der Waals surface area (Å²) in [5.41, 5.74) is 1.56. The van der Waals surface area contributed by atoms with Gasteiger partial charge in [0.2, 0.25) is 0 Å². The molecule has 2 aromatic heterocycles. The molecular formula is C24H26ClN5O5S. The predicted molar refractivity (Wildman–Crippen MR) is 135 cm³/mol. The number of para-hydroxylation sites is 1. The molecule has 0 saturated carbocycles. The molecule has 1 saturated heterocycles. The molecule has 3 heterocycles. The first kappa shape index (κ1) is 25.8. The highest BCUT2D eigenvalue weighted by Gasteiger charge is 2.34. The van der Waals surface area contributed by atoms with Gasteiger partial charge in [0, 0.05) is 44.0 Å². The maximum absolute atomic E-state index is 12.7. The van der Waals surface area contributed by atoms with Crippen LogP contribution in [0, 0.1) is 0 Å². The van der Waals surface area contributed by atoms with Crippen molar-refractivity contribution in [1.82, 2.24) is 20.2 Å². The van der Waals surface area contributed by atoms with E-state index in [1.165, 1.54) is 16.2 Å². The number of rotatable bonds is 9. The number of piperazine rings is 1. The van der Waals surface area contributed by atoms with E-state index in [0.29, 0.717) is 47.7 Å². The number of anilines is 1. The maximum Gasteiger partial charge on any atom is 0.254 e. The Morgan fingerprint density at radius 1 is 1.08 bits per heavy atom. The number of aliphatic hydroxyl groups is 2. The summed E-state index contributed by atoms with van der Waals surface area (Å²) >= 11 is 7.57. The van der Waals surface area contributed by atoms with Crippen molar-refractivity contribution in [2.45, 2.75) is 25.4 Å². The van der Waals surface area contributed by atoms with Crippen LogP contribution in [0.25, 0.3) is 0 Å². The van der Waals surface area contributed by atoms with Gasteiger partial charge >= 0.3 is 0 Å². The Bertz CT molecular complexity index is 1170. The molecule has 1 aliphatic heterocycles. The van der Waals surface area contributed by atoms with Gasteiger partial charge in [-0.1, -0.05) is 23.7 Å². The van der Waals surface area contributed by atoms with Crippen molar-refractivity contribution in [2.75, 3.05) is 31.1 Å². The third kappa shape index (κ3) is 6.49. The first-order chi connectivity index (χ1) is 17.4. The highest BCUT2D eigenvalue weighted by Crippen LogP contribution is 2.26. The summed E-state index contributed by atoms with van der Waals surface area (Å²) in [5.74, 6) is -0.878. The second-order valence-corrected chi connectivity index (χ2v) is 9.43. The molecule has 2 amide bonds. The van der Waals surface area contributed by atoms with Crippen LogP contribution < -0.4 is 15.0 Å². The van der Waals surface area contributed by atoms with Gasteiger partial charge in [0.15, 0.2) is 12.2 Å². The molecule has 0 aliphatic carbocycles. The normalized spacial score (nSPS) is 15.3. The zero-order chi connectivity index (χ0) is 25.5. The number of ether oxygens (including phenoxy) is 1. The first-order valence-corrected chi connectivity index (χ1v) is 12.6. The van der Waals surface area contributed by atoms with Gasteiger partial charge in [-0.2, -0.15) is 0 Å². The molecular weight excluding hydrogens is 506 g/mol. The second kappa shape index (κ2) is 12.1. The fraction of sp³-hybridized carbons (Fsp3) is 0.333. The molecule has 1 aromatic carbocycles. The van der Waals surface area contributed by atoms with Crippen molar-refractivity contribution in [2.24, 2.45) is 0 Å². The van der Waals surface area contributed by atoms with Crippen LogP contribution in [0.5, 0.6) is 5.75 Å². The van der Waals surface area contributed by atoms with E-state index in [4.69, 9.17) is 16.3 Å². The fourth-order valence-electron chi connectivity index (χ4n) is 3.70. The van der Waals surface area contributed by atoms with E-state index in [2.05, 4.69) is 15.3 Å². The van der Waals surface area contributed by atoms with Gasteiger partial charge in [0.05, 0.1) is 22.9 Å². The fourth-order valence-corrected chi connectivity index (χ4v) is 4.67. The molecule has 0 bridgehead atoms. The molecule has 3 N–H and O–H groups in total. The molecule has 0 spiro atoms. The number of carbonyl (C=O) groups excluding carboxylic acids is 2. The topological polar surface area (TPSA) is 128 Å². The lowest BCUT2D eigenvalue weighted by Crippen LogP contribution is -2.55. The Balaban J connectivity index is 1.22. The molecule has 10 nitrogen and oxygen atoms in total. The van der Waals surface area contributed by atoms with Crippen molar-refractivity contribution in [1.29, 1.82) is 0 Å². The largest absolute Gasteiger partial charge is 0.487 e. The summed E-state index contributed by atoms with van der Waals surface area (Å²) in [5, 5.41) is 26.2. The van der Waals surface area contributed by atoms with E-state index >= 15 is 0 Å². The third-order valence-corrected chi connectivity index (χ3v) is 6.87. The Labute approximate surface area is 217 Å². The third-order valence-electron chi connectivity index (χ3n) is 5.65. The van der Waals surface area contributed by atoms with Crippen molar-refractivity contribution in [3.05, 3.63) is 69.9 Å². The summed E-state index contributed by atoms with van der Waals surface area (Å²) in [6.07, 6.45) is -0.503. The Morgan fingerprint density at radius 3 is 2.53 bits per heavy atom. The van der Waals surface area contributed by atoms with Gasteiger partial charge in [-0.05, 0) is 24.3 Å². The zero-order valence-electron chi connectivity index (χ0n) is 19.3. The van der Waals surface area contributed by atoms with Crippen molar-refractivity contribution in [3.8, 4) is 5.75 Å². The van der Waals surface area contributed by atoms with Crippen LogP contribution in [0.2, 0.25) is 5.02 Å². The Kier molecular flexibility index (Phi) is 8.70. The van der Waals surface area contributed by atoms with Crippen molar-refractivity contribution in [3.63, 3.8) is 0 Å². The molecule has 0 radical (unpaired) electrons. The molecule has 4 rings (SSSR count). The number of aromatic nitrogens is 2. The number of nitrogens with zero attached hydrogens (tertiary/aromatic N) is 4. The molecule has 36 heavy (non-hydrogen) atoms. The van der Waals surface area contributed by atoms with Gasteiger partial charge in [0.1, 0.15) is 17.4 Å². The summed E-state index contributed by atoms with van der Waals surface area (Å²) in [6, 6.07) is 10.9. The van der Waals surface area contributed by atoms with E-state index in [1.54, 1.807) is 36.0 Å². The first-order valence-electron chi connectivity index (χ1n) is 11.3. The van der Waals surface area contributed by atoms with E-state index in [-0.39, 0.29) is 13.2 Å². The molecule has 3 aromatic rings. The zero-order valence-corrected chi connectivity index (χ0v) is 20.9. The smallest absolute Gasteiger partial charge is 0.254 e. The molecule has 12 heteroatoms. The Hall–Kier alpha value is -3.25. The Morgan fingerprint density at radius 2 is 1.81 bits per heavy atom. The lowest BCUT2D eigenvalue weighted by Gasteiger charge is -2.37. The van der Waals surface area contributed by atoms with Crippen molar-refractivity contribution < 1.29 is 24.5 Å². The lowest BCUT2D eigenvalue weighted by molar-refractivity contribution is -0.153. The number of carbonyl (C=O) groups is 2. The molecule has 190 valence electrons. The number of aliphatic hydroxyl groups excluding tert-OH is 2. The summed E-state index contributed by atoms with van der Waals surface area (Å²) in [7, 11) is 0. The highest BCUT2D eigenvalue weighted by atomic mass is 35.5. The SMILES string of the molecule is O=C(NCc1nc(COc2ccncc2)cs1)[C@H](O)[C@@H](O)C(=O)N1CCN(c2ccccc2Cl)CC1. The number of hydrogen-bond acceptors (Lipinski definition) is 9. The van der Waals surface area contributed by atoms with Crippen LogP contribution in [0.4, 0.5) is 5.69 Å². The number of halogens is 1. The minimum absolute atomic E-state index is 0.0488. The van der Waals surface area contributed by atoms with Gasteiger partial charge in [-0.15, -0.1) is 11.3 Å². The van der Waals surface area contributed by atoms with Crippen LogP contribution in [-0.4, -0.2) is 75.3 Å². The minimum Gasteiger partial charge on any atom is -0.487 e. The maximum atomic E-state index is 12.7. The van der Waals surface area contributed by atoms with Gasteiger partial charge < -0.3 is 30.1 Å². The minimum atomic E-state index is -1.89. The summed E-state index contributed by atoms with van der Waals surface area (Å²) in [4.78, 5) is 36.8. The number of benzene rings is 1. The number of nitrogens with one attached hydrogen (secondary N) is 1. The van der Waals surface area contributed by atoms with Crippen molar-refractivity contribution >= 4 is 40.4 Å². The number of hydrogen-bond donors (Lipinski definition) is 3. The van der Waals surface area contributed by atoms with Crippen LogP contribution in [-0.2, 0) is 22.7 Å². The van der Waals surface area contributed by atoms with E-state index in [1.807, 2.05) is 23.1 Å². The van der Waals surface area contributed by atoms with Crippen LogP contribution in [0.3, 0.4) is 0 Å². The number of pyridine rings is 1. The van der Waals surface area contributed by atoms with Crippen LogP contribution >= 0.6 is 22.9 Å². The summed E-state index contributed by atoms with van der Waals surface area (Å²) < 4.78 is 5.61. The monoisotopic (exact) mass is 531 g/mol. The molecule has 0 unspecified atom stereocenters. The average Bonchev–Trinajstić information content (AvgIpc) is 3.38. The van der Waals surface area contributed by atoms with E-state index in [0.717, 1.165) is 5.69 Å². The van der Waals surface area contributed by atoms with Gasteiger partial charge in [-0.25, -0.2) is 4.98 Å². The summed E-state index contributed by atoms with van der Waals surface area (Å²) in [6.45, 7) is 2.00. The second-order valence-electron chi connectivity index (χ2n) is 8.08. The molecule has 2 atom stereocenters. The molecule has 1 aliphatic rings. The van der Waals surface area contributed by atoms with Gasteiger partial charge in [-0.3, -0.25) is 14.6 Å². The van der Waals surface area contributed by atoms with Crippen LogP contribution in [0.15, 0.2) is 54.2 Å². The quantitative estimate of drug-likeness (QED) is 0.378. The molecule has 1 fully saturated rings. The number of amides is 2. The average molecular weight is 532 g/mol. The van der Waals surface area contributed by atoms with Gasteiger partial charge in [0.25, 0.3) is 11.8 Å².